The van der Waals surface area contributed by atoms with E-state index in [1.165, 1.54) is 12.3 Å². The van der Waals surface area contributed by atoms with Gasteiger partial charge >= 0.3 is 0 Å². The van der Waals surface area contributed by atoms with Gasteiger partial charge < -0.3 is 5.73 Å². The monoisotopic (exact) mass is 383 g/mol. The van der Waals surface area contributed by atoms with Gasteiger partial charge in [-0.25, -0.2) is 8.78 Å². The number of aromatic nitrogens is 1. The predicted molar refractivity (Wildman–Crippen MR) is 86.8 cm³/mol. The summed E-state index contributed by atoms with van der Waals surface area (Å²) in [6, 6.07) is 9.09. The molecule has 1 amide bonds. The molecule has 23 heavy (non-hydrogen) atoms. The fraction of sp³-hybridized carbons (Fsp3) is 0.250. The lowest BCUT2D eigenvalue weighted by Gasteiger charge is -2.21. The fourth-order valence-corrected chi connectivity index (χ4v) is 2.59. The number of benzene rings is 1. The zero-order valence-corrected chi connectivity index (χ0v) is 13.9. The van der Waals surface area contributed by atoms with Gasteiger partial charge in [0.1, 0.15) is 11.7 Å². The van der Waals surface area contributed by atoms with E-state index in [-0.39, 0.29) is 11.7 Å². The third kappa shape index (κ3) is 4.56. The Morgan fingerprint density at radius 2 is 2.00 bits per heavy atom. The van der Waals surface area contributed by atoms with Gasteiger partial charge in [0.05, 0.1) is 0 Å². The zero-order valence-electron chi connectivity index (χ0n) is 12.3. The van der Waals surface area contributed by atoms with Crippen LogP contribution in [0.25, 0.3) is 0 Å². The number of halogens is 3. The molecule has 3 N–H and O–H groups in total. The van der Waals surface area contributed by atoms with Gasteiger partial charge in [0, 0.05) is 16.7 Å². The van der Waals surface area contributed by atoms with Crippen molar-refractivity contribution in [3.8, 4) is 0 Å². The highest BCUT2D eigenvalue weighted by molar-refractivity contribution is 9.10. The highest BCUT2D eigenvalue weighted by atomic mass is 79.9. The number of carbonyl (C=O) groups excluding carboxylic acids is 1. The van der Waals surface area contributed by atoms with E-state index in [1.807, 2.05) is 13.0 Å². The second-order valence-electron chi connectivity index (χ2n) is 5.10. The molecule has 2 rings (SSSR count). The molecule has 2 aromatic rings. The highest BCUT2D eigenvalue weighted by Gasteiger charge is 2.21. The van der Waals surface area contributed by atoms with Crippen molar-refractivity contribution in [1.29, 1.82) is 0 Å². The third-order valence-corrected chi connectivity index (χ3v) is 3.91. The van der Waals surface area contributed by atoms with Gasteiger partial charge in [0.15, 0.2) is 0 Å². The molecule has 1 aromatic heterocycles. The Morgan fingerprint density at radius 1 is 1.26 bits per heavy atom. The molecule has 2 unspecified atom stereocenters. The maximum atomic E-state index is 12.5. The summed E-state index contributed by atoms with van der Waals surface area (Å²) in [5.41, 5.74) is 6.61. The molecule has 1 aromatic carbocycles. The largest absolute Gasteiger partial charge is 0.368 e. The van der Waals surface area contributed by atoms with E-state index >= 15 is 0 Å². The van der Waals surface area contributed by atoms with E-state index in [2.05, 4.69) is 26.2 Å². The molecule has 0 spiro atoms. The predicted octanol–water partition coefficient (Wildman–Crippen LogP) is 3.66. The van der Waals surface area contributed by atoms with Crippen molar-refractivity contribution >= 4 is 21.8 Å². The van der Waals surface area contributed by atoms with Crippen LogP contribution in [-0.4, -0.2) is 10.9 Å². The lowest BCUT2D eigenvalue weighted by atomic mass is 10.0. The van der Waals surface area contributed by atoms with Crippen molar-refractivity contribution in [3.05, 3.63) is 63.9 Å². The molecule has 7 heteroatoms. The lowest BCUT2D eigenvalue weighted by Crippen LogP contribution is -2.35. The number of rotatable bonds is 6. The first-order valence-corrected chi connectivity index (χ1v) is 7.72. The Hall–Kier alpha value is -1.86. The summed E-state index contributed by atoms with van der Waals surface area (Å²) in [6.45, 7) is 1.81. The number of primary amides is 1. The minimum atomic E-state index is -2.60. The molecule has 0 saturated carbocycles. The van der Waals surface area contributed by atoms with Crippen molar-refractivity contribution in [1.82, 2.24) is 10.3 Å². The number of pyridine rings is 1. The van der Waals surface area contributed by atoms with Crippen LogP contribution in [0, 0.1) is 0 Å². The van der Waals surface area contributed by atoms with Crippen molar-refractivity contribution in [2.45, 2.75) is 25.4 Å². The molecule has 0 aliphatic heterocycles. The number of hydrogen-bond acceptors (Lipinski definition) is 3. The average Bonchev–Trinajstić information content (AvgIpc) is 2.52. The smallest absolute Gasteiger partial charge is 0.280 e. The van der Waals surface area contributed by atoms with Crippen molar-refractivity contribution in [2.75, 3.05) is 0 Å². The first-order chi connectivity index (χ1) is 10.9. The molecule has 2 atom stereocenters. The first-order valence-electron chi connectivity index (χ1n) is 6.93. The van der Waals surface area contributed by atoms with Crippen molar-refractivity contribution in [2.24, 2.45) is 5.73 Å². The number of alkyl halides is 2. The van der Waals surface area contributed by atoms with E-state index in [4.69, 9.17) is 5.73 Å². The van der Waals surface area contributed by atoms with E-state index < -0.39 is 18.4 Å². The molecular weight excluding hydrogens is 368 g/mol. The molecule has 4 nitrogen and oxygen atoms in total. The minimum Gasteiger partial charge on any atom is -0.368 e. The minimum absolute atomic E-state index is 0.278. The summed E-state index contributed by atoms with van der Waals surface area (Å²) in [5.74, 6) is -0.521. The van der Waals surface area contributed by atoms with Crippen LogP contribution >= 0.6 is 15.9 Å². The Balaban J connectivity index is 2.18. The Labute approximate surface area is 141 Å². The Kier molecular flexibility index (Phi) is 5.79. The summed E-state index contributed by atoms with van der Waals surface area (Å²) in [7, 11) is 0. The van der Waals surface area contributed by atoms with Crippen LogP contribution in [0.2, 0.25) is 0 Å². The summed E-state index contributed by atoms with van der Waals surface area (Å²) in [4.78, 5) is 15.5. The molecule has 0 bridgehead atoms. The van der Waals surface area contributed by atoms with Crippen LogP contribution in [0.5, 0.6) is 0 Å². The van der Waals surface area contributed by atoms with E-state index in [0.29, 0.717) is 5.56 Å². The highest BCUT2D eigenvalue weighted by Crippen LogP contribution is 2.23. The average molecular weight is 384 g/mol. The summed E-state index contributed by atoms with van der Waals surface area (Å²) < 4.78 is 25.9. The zero-order chi connectivity index (χ0) is 17.0. The number of nitrogens with one attached hydrogen (secondary N) is 1. The molecule has 0 aliphatic rings. The van der Waals surface area contributed by atoms with Crippen LogP contribution in [-0.2, 0) is 4.79 Å². The van der Waals surface area contributed by atoms with Gasteiger partial charge in [-0.2, -0.15) is 0 Å². The summed E-state index contributed by atoms with van der Waals surface area (Å²) >= 11 is 3.35. The van der Waals surface area contributed by atoms with Gasteiger partial charge in [0.2, 0.25) is 5.91 Å². The number of nitrogens with two attached hydrogens (primary N) is 1. The number of hydrogen-bond donors (Lipinski definition) is 2. The summed E-state index contributed by atoms with van der Waals surface area (Å²) in [6.07, 6.45) is -1.23. The van der Waals surface area contributed by atoms with Gasteiger partial charge in [-0.3, -0.25) is 15.1 Å². The van der Waals surface area contributed by atoms with Crippen LogP contribution in [0.4, 0.5) is 8.78 Å². The quantitative estimate of drug-likeness (QED) is 0.799. The molecule has 0 aliphatic carbocycles. The first kappa shape index (κ1) is 17.5. The van der Waals surface area contributed by atoms with Crippen LogP contribution in [0.1, 0.15) is 42.3 Å². The number of nitrogens with zero attached hydrogens (tertiary/aromatic N) is 1. The topological polar surface area (TPSA) is 68.0 Å². The van der Waals surface area contributed by atoms with E-state index in [1.54, 1.807) is 24.3 Å². The van der Waals surface area contributed by atoms with E-state index in [0.717, 1.165) is 10.0 Å². The molecule has 0 fully saturated rings. The SMILES string of the molecule is CC(NC(C(N)=O)c1cccc(Br)c1)c1ccc(C(F)F)nc1. The van der Waals surface area contributed by atoms with Crippen molar-refractivity contribution in [3.63, 3.8) is 0 Å². The molecule has 0 saturated heterocycles. The molecule has 0 radical (unpaired) electrons. The van der Waals surface area contributed by atoms with Crippen LogP contribution < -0.4 is 11.1 Å². The van der Waals surface area contributed by atoms with Gasteiger partial charge in [-0.15, -0.1) is 0 Å². The number of amides is 1. The molecule has 1 heterocycles. The number of carbonyl (C=O) groups is 1. The fourth-order valence-electron chi connectivity index (χ4n) is 2.18. The van der Waals surface area contributed by atoms with Crippen molar-refractivity contribution < 1.29 is 13.6 Å². The van der Waals surface area contributed by atoms with Crippen LogP contribution in [0.15, 0.2) is 47.1 Å². The van der Waals surface area contributed by atoms with Crippen LogP contribution in [0.3, 0.4) is 0 Å². The normalized spacial score (nSPS) is 13.8. The van der Waals surface area contributed by atoms with Gasteiger partial charge in [-0.05, 0) is 36.2 Å². The standard InChI is InChI=1S/C16H16BrF2N3O/c1-9(11-5-6-13(15(18)19)21-8-11)22-14(16(20)23)10-3-2-4-12(17)7-10/h2-9,14-15,22H,1H3,(H2,20,23). The van der Waals surface area contributed by atoms with E-state index in [9.17, 15) is 13.6 Å². The maximum Gasteiger partial charge on any atom is 0.280 e. The molecule has 122 valence electrons. The van der Waals surface area contributed by atoms with Gasteiger partial charge in [0.25, 0.3) is 6.43 Å². The summed E-state index contributed by atoms with van der Waals surface area (Å²) in [5, 5.41) is 3.10. The molecular formula is C16H16BrF2N3O. The maximum absolute atomic E-state index is 12.5. The Bertz CT molecular complexity index is 679. The third-order valence-electron chi connectivity index (χ3n) is 3.42. The second kappa shape index (κ2) is 7.61. The van der Waals surface area contributed by atoms with Gasteiger partial charge in [-0.1, -0.05) is 34.1 Å². The Morgan fingerprint density at radius 3 is 2.52 bits per heavy atom. The second-order valence-corrected chi connectivity index (χ2v) is 6.01. The lowest BCUT2D eigenvalue weighted by molar-refractivity contribution is -0.120.